The third-order valence-electron chi connectivity index (χ3n) is 5.05. The van der Waals surface area contributed by atoms with Crippen molar-refractivity contribution in [2.24, 2.45) is 0 Å². The summed E-state index contributed by atoms with van der Waals surface area (Å²) in [4.78, 5) is 39.8. The summed E-state index contributed by atoms with van der Waals surface area (Å²) in [5.74, 6) is -2.34. The Balaban J connectivity index is 1.42. The lowest BCUT2D eigenvalue weighted by atomic mass is 9.98. The van der Waals surface area contributed by atoms with Gasteiger partial charge in [0.25, 0.3) is 0 Å². The molecule has 1 atom stereocenters. The maximum absolute atomic E-state index is 12.4. The molecule has 4 rings (SSSR count). The minimum absolute atomic E-state index is 0.0347. The number of nitrogens with one attached hydrogen (secondary N) is 2. The number of rotatable bonds is 7. The van der Waals surface area contributed by atoms with Gasteiger partial charge in [0.15, 0.2) is 0 Å². The quantitative estimate of drug-likeness (QED) is 0.514. The number of carbonyl (C=O) groups excluding carboxylic acids is 2. The average molecular weight is 433 g/mol. The van der Waals surface area contributed by atoms with E-state index in [9.17, 15) is 14.4 Å². The summed E-state index contributed by atoms with van der Waals surface area (Å²) in [6.07, 6.45) is 1.09. The molecule has 10 heteroatoms. The number of amides is 2. The van der Waals surface area contributed by atoms with Crippen molar-refractivity contribution in [2.75, 3.05) is 11.9 Å². The van der Waals surface area contributed by atoms with E-state index in [1.807, 2.05) is 48.5 Å². The minimum Gasteiger partial charge on any atom is -0.481 e. The van der Waals surface area contributed by atoms with Crippen molar-refractivity contribution in [1.29, 1.82) is 0 Å². The molecule has 0 saturated carbocycles. The zero-order valence-corrected chi connectivity index (χ0v) is 16.8. The highest BCUT2D eigenvalue weighted by molar-refractivity contribution is 5.97. The first-order valence-corrected chi connectivity index (χ1v) is 9.81. The number of anilines is 1. The molecule has 2 amide bonds. The molecule has 3 aromatic rings. The number of aliphatic carboxylic acids is 1. The van der Waals surface area contributed by atoms with Crippen molar-refractivity contribution >= 4 is 23.9 Å². The normalized spacial score (nSPS) is 12.9. The number of nitrogens with zero attached hydrogens (tertiary/aromatic N) is 3. The second kappa shape index (κ2) is 9.21. The molecule has 0 saturated heterocycles. The lowest BCUT2D eigenvalue weighted by Gasteiger charge is -2.18. The highest BCUT2D eigenvalue weighted by atomic mass is 16.5. The van der Waals surface area contributed by atoms with Crippen LogP contribution in [0.15, 0.2) is 60.9 Å². The molecular weight excluding hydrogens is 414 g/mol. The van der Waals surface area contributed by atoms with Crippen LogP contribution in [0.1, 0.15) is 23.5 Å². The summed E-state index contributed by atoms with van der Waals surface area (Å²) >= 11 is 0. The molecule has 1 unspecified atom stereocenters. The van der Waals surface area contributed by atoms with Gasteiger partial charge in [0, 0.05) is 5.92 Å². The Morgan fingerprint density at radius 2 is 1.66 bits per heavy atom. The van der Waals surface area contributed by atoms with Gasteiger partial charge in [-0.1, -0.05) is 48.5 Å². The van der Waals surface area contributed by atoms with Crippen LogP contribution in [0, 0.1) is 0 Å². The number of fused-ring (bicyclic) bond motifs is 3. The van der Waals surface area contributed by atoms with Crippen LogP contribution < -0.4 is 10.6 Å². The van der Waals surface area contributed by atoms with Crippen molar-refractivity contribution in [2.45, 2.75) is 18.4 Å². The zero-order chi connectivity index (χ0) is 22.5. The van der Waals surface area contributed by atoms with E-state index in [1.54, 1.807) is 0 Å². The maximum atomic E-state index is 12.4. The molecule has 0 aliphatic heterocycles. The Morgan fingerprint density at radius 1 is 1.00 bits per heavy atom. The molecule has 0 fully saturated rings. The number of alkyl carbamates (subject to hydrolysis) is 1. The van der Waals surface area contributed by atoms with Crippen molar-refractivity contribution < 1.29 is 24.2 Å². The van der Waals surface area contributed by atoms with Gasteiger partial charge in [0.05, 0.1) is 18.8 Å². The summed E-state index contributed by atoms with van der Waals surface area (Å²) in [7, 11) is 0. The van der Waals surface area contributed by atoms with E-state index in [2.05, 4.69) is 25.8 Å². The highest BCUT2D eigenvalue weighted by Gasteiger charge is 2.30. The van der Waals surface area contributed by atoms with Crippen LogP contribution in [0.4, 0.5) is 10.7 Å². The van der Waals surface area contributed by atoms with Gasteiger partial charge in [-0.3, -0.25) is 14.9 Å². The fraction of sp³-hybridized carbons (Fsp3) is 0.182. The van der Waals surface area contributed by atoms with Crippen molar-refractivity contribution in [3.05, 3.63) is 72.1 Å². The van der Waals surface area contributed by atoms with Gasteiger partial charge in [-0.15, -0.1) is 5.10 Å². The highest BCUT2D eigenvalue weighted by Crippen LogP contribution is 2.44. The molecule has 1 aromatic heterocycles. The van der Waals surface area contributed by atoms with Crippen LogP contribution in [0.3, 0.4) is 0 Å². The van der Waals surface area contributed by atoms with E-state index in [4.69, 9.17) is 9.84 Å². The van der Waals surface area contributed by atoms with E-state index >= 15 is 0 Å². The maximum Gasteiger partial charge on any atom is 0.407 e. The third-order valence-corrected chi connectivity index (χ3v) is 5.05. The van der Waals surface area contributed by atoms with Crippen LogP contribution in [0.25, 0.3) is 11.1 Å². The molecule has 2 aromatic carbocycles. The lowest BCUT2D eigenvalue weighted by Crippen LogP contribution is -2.45. The van der Waals surface area contributed by atoms with Gasteiger partial charge in [-0.05, 0) is 22.3 Å². The topological polar surface area (TPSA) is 143 Å². The van der Waals surface area contributed by atoms with Crippen LogP contribution in [-0.4, -0.2) is 50.9 Å². The largest absolute Gasteiger partial charge is 0.481 e. The average Bonchev–Trinajstić information content (AvgIpc) is 3.11. The molecule has 1 heterocycles. The van der Waals surface area contributed by atoms with Crippen LogP contribution >= 0.6 is 0 Å². The summed E-state index contributed by atoms with van der Waals surface area (Å²) in [6, 6.07) is 14.4. The number of carbonyl (C=O) groups is 3. The monoisotopic (exact) mass is 433 g/mol. The fourth-order valence-electron chi connectivity index (χ4n) is 3.67. The van der Waals surface area contributed by atoms with Crippen molar-refractivity contribution in [1.82, 2.24) is 20.5 Å². The molecule has 32 heavy (non-hydrogen) atoms. The molecule has 3 N–H and O–H groups in total. The van der Waals surface area contributed by atoms with E-state index in [1.165, 1.54) is 12.4 Å². The number of hydrogen-bond acceptors (Lipinski definition) is 7. The molecule has 1 aliphatic carbocycles. The summed E-state index contributed by atoms with van der Waals surface area (Å²) in [5.41, 5.74) is 4.23. The van der Waals surface area contributed by atoms with E-state index in [0.29, 0.717) is 0 Å². The Morgan fingerprint density at radius 3 is 2.25 bits per heavy atom. The first-order chi connectivity index (χ1) is 15.5. The van der Waals surface area contributed by atoms with Gasteiger partial charge in [0.1, 0.15) is 12.6 Å². The molecule has 0 bridgehead atoms. The third kappa shape index (κ3) is 4.53. The van der Waals surface area contributed by atoms with Crippen LogP contribution in [0.2, 0.25) is 0 Å². The molecule has 162 valence electrons. The number of benzene rings is 2. The second-order valence-corrected chi connectivity index (χ2v) is 7.08. The molecule has 0 radical (unpaired) electrons. The Labute approximate surface area is 182 Å². The predicted molar refractivity (Wildman–Crippen MR) is 113 cm³/mol. The van der Waals surface area contributed by atoms with E-state index < -0.39 is 30.4 Å². The molecule has 1 aliphatic rings. The van der Waals surface area contributed by atoms with Crippen LogP contribution in [0.5, 0.6) is 0 Å². The zero-order valence-electron chi connectivity index (χ0n) is 16.8. The van der Waals surface area contributed by atoms with Crippen molar-refractivity contribution in [3.8, 4) is 11.1 Å². The standard InChI is InChI=1S/C22H19N5O5/c28-19(29)11-18(20(30)26-21-23-9-10-24-27-21)25-22(31)32-12-17-15-7-3-1-5-13(15)14-6-2-4-8-16(14)17/h1-10,17-18H,11-12H2,(H,25,31)(H,28,29)(H,23,26,27,30). The lowest BCUT2D eigenvalue weighted by molar-refractivity contribution is -0.139. The molecule has 10 nitrogen and oxygen atoms in total. The Hall–Kier alpha value is -4.34. The fourth-order valence-corrected chi connectivity index (χ4v) is 3.67. The van der Waals surface area contributed by atoms with Crippen molar-refractivity contribution in [3.63, 3.8) is 0 Å². The number of carboxylic acids is 1. The second-order valence-electron chi connectivity index (χ2n) is 7.08. The smallest absolute Gasteiger partial charge is 0.407 e. The number of aromatic nitrogens is 3. The Kier molecular flexibility index (Phi) is 6.02. The Bertz CT molecular complexity index is 1110. The van der Waals surface area contributed by atoms with E-state index in [-0.39, 0.29) is 18.5 Å². The predicted octanol–water partition coefficient (Wildman–Crippen LogP) is 2.19. The van der Waals surface area contributed by atoms with Crippen LogP contribution in [-0.2, 0) is 14.3 Å². The van der Waals surface area contributed by atoms with E-state index in [0.717, 1.165) is 22.3 Å². The van der Waals surface area contributed by atoms with Gasteiger partial charge in [0.2, 0.25) is 11.9 Å². The molecule has 0 spiro atoms. The number of hydrogen-bond donors (Lipinski definition) is 3. The van der Waals surface area contributed by atoms with Gasteiger partial charge < -0.3 is 15.2 Å². The summed E-state index contributed by atoms with van der Waals surface area (Å²) < 4.78 is 5.39. The first-order valence-electron chi connectivity index (χ1n) is 9.81. The summed E-state index contributed by atoms with van der Waals surface area (Å²) in [6.45, 7) is 0.0347. The molecular formula is C22H19N5O5. The minimum atomic E-state index is -1.38. The number of ether oxygens (including phenoxy) is 1. The summed E-state index contributed by atoms with van der Waals surface area (Å²) in [5, 5.41) is 20.9. The van der Waals surface area contributed by atoms with Gasteiger partial charge in [-0.25, -0.2) is 9.78 Å². The number of carboxylic acid groups (broad SMARTS) is 1. The van der Waals surface area contributed by atoms with Gasteiger partial charge in [-0.2, -0.15) is 5.10 Å². The SMILES string of the molecule is O=C(O)CC(NC(=O)OCC1c2ccccc2-c2ccccc21)C(=O)Nc1nccnn1. The van der Waals surface area contributed by atoms with Gasteiger partial charge >= 0.3 is 12.1 Å². The first kappa shape index (κ1) is 20.9.